The van der Waals surface area contributed by atoms with Gasteiger partial charge in [-0.2, -0.15) is 4.98 Å². The Balaban J connectivity index is 1.65. The van der Waals surface area contributed by atoms with Crippen LogP contribution in [0.25, 0.3) is 11.5 Å². The van der Waals surface area contributed by atoms with E-state index in [0.29, 0.717) is 16.7 Å². The Hall–Kier alpha value is -2.86. The summed E-state index contributed by atoms with van der Waals surface area (Å²) < 4.78 is 10.7. The maximum Gasteiger partial charge on any atom is 0.270 e. The number of aromatic nitrogens is 2. The van der Waals surface area contributed by atoms with E-state index in [1.165, 1.54) is 0 Å². The average molecular weight is 358 g/mol. The summed E-state index contributed by atoms with van der Waals surface area (Å²) in [6.07, 6.45) is -0.777. The van der Waals surface area contributed by atoms with Crippen molar-refractivity contribution in [3.63, 3.8) is 0 Å². The lowest BCUT2D eigenvalue weighted by molar-refractivity contribution is -0.122. The van der Waals surface area contributed by atoms with Gasteiger partial charge in [0, 0.05) is 5.56 Å². The largest absolute Gasteiger partial charge is 0.479 e. The van der Waals surface area contributed by atoms with Crippen molar-refractivity contribution in [2.24, 2.45) is 0 Å². The topological polar surface area (TPSA) is 77.2 Å². The number of carbonyl (C=O) groups excluding carboxylic acids is 1. The van der Waals surface area contributed by atoms with E-state index >= 15 is 0 Å². The van der Waals surface area contributed by atoms with Crippen molar-refractivity contribution in [1.29, 1.82) is 0 Å². The SMILES string of the molecule is Cc1ccc(-c2nc(NC(=O)[C@H](C)Oc3ccccc3Cl)no2)cc1. The van der Waals surface area contributed by atoms with E-state index in [-0.39, 0.29) is 5.95 Å². The first-order chi connectivity index (χ1) is 12.0. The molecule has 1 N–H and O–H groups in total. The van der Waals surface area contributed by atoms with Crippen molar-refractivity contribution in [3.05, 3.63) is 59.1 Å². The molecule has 6 nitrogen and oxygen atoms in total. The van der Waals surface area contributed by atoms with E-state index in [0.717, 1.165) is 11.1 Å². The number of aryl methyl sites for hydroxylation is 1. The van der Waals surface area contributed by atoms with Crippen molar-refractivity contribution in [2.75, 3.05) is 5.32 Å². The molecule has 1 heterocycles. The predicted molar refractivity (Wildman–Crippen MR) is 94.6 cm³/mol. The molecule has 0 bridgehead atoms. The van der Waals surface area contributed by atoms with Crippen LogP contribution < -0.4 is 10.1 Å². The van der Waals surface area contributed by atoms with Gasteiger partial charge in [-0.05, 0) is 43.3 Å². The maximum atomic E-state index is 12.2. The number of nitrogens with one attached hydrogen (secondary N) is 1. The number of halogens is 1. The molecule has 1 amide bonds. The number of rotatable bonds is 5. The Labute approximate surface area is 149 Å². The molecular formula is C18H16ClN3O3. The lowest BCUT2D eigenvalue weighted by Crippen LogP contribution is -2.30. The Bertz CT molecular complexity index is 877. The number of ether oxygens (including phenoxy) is 1. The zero-order chi connectivity index (χ0) is 17.8. The van der Waals surface area contributed by atoms with Crippen LogP contribution in [0.15, 0.2) is 53.1 Å². The van der Waals surface area contributed by atoms with Crippen LogP contribution in [0.5, 0.6) is 5.75 Å². The van der Waals surface area contributed by atoms with E-state index < -0.39 is 12.0 Å². The summed E-state index contributed by atoms with van der Waals surface area (Å²) in [7, 11) is 0. The Morgan fingerprint density at radius 2 is 1.92 bits per heavy atom. The number of amides is 1. The van der Waals surface area contributed by atoms with Gasteiger partial charge >= 0.3 is 0 Å². The highest BCUT2D eigenvalue weighted by Gasteiger charge is 2.19. The molecule has 1 atom stereocenters. The molecule has 25 heavy (non-hydrogen) atoms. The van der Waals surface area contributed by atoms with Gasteiger partial charge < -0.3 is 9.26 Å². The van der Waals surface area contributed by atoms with Crippen LogP contribution in [0, 0.1) is 6.92 Å². The first kappa shape index (κ1) is 17.0. The summed E-state index contributed by atoms with van der Waals surface area (Å²) in [6, 6.07) is 14.6. The van der Waals surface area contributed by atoms with Gasteiger partial charge in [-0.25, -0.2) is 0 Å². The number of carbonyl (C=O) groups is 1. The highest BCUT2D eigenvalue weighted by atomic mass is 35.5. The molecule has 1 aromatic heterocycles. The quantitative estimate of drug-likeness (QED) is 0.743. The van der Waals surface area contributed by atoms with Gasteiger partial charge in [0.25, 0.3) is 17.7 Å². The fourth-order valence-electron chi connectivity index (χ4n) is 2.08. The van der Waals surface area contributed by atoms with E-state index in [1.807, 2.05) is 31.2 Å². The summed E-state index contributed by atoms with van der Waals surface area (Å²) in [6.45, 7) is 3.60. The van der Waals surface area contributed by atoms with E-state index in [1.54, 1.807) is 31.2 Å². The van der Waals surface area contributed by atoms with E-state index in [4.69, 9.17) is 20.9 Å². The molecule has 0 saturated heterocycles. The summed E-state index contributed by atoms with van der Waals surface area (Å²) in [4.78, 5) is 16.4. The molecule has 3 rings (SSSR count). The van der Waals surface area contributed by atoms with Crippen LogP contribution >= 0.6 is 11.6 Å². The molecule has 0 fully saturated rings. The molecule has 0 saturated carbocycles. The second kappa shape index (κ2) is 7.36. The van der Waals surface area contributed by atoms with Crippen LogP contribution in [0.1, 0.15) is 12.5 Å². The zero-order valence-corrected chi connectivity index (χ0v) is 14.4. The van der Waals surface area contributed by atoms with Gasteiger partial charge in [0.1, 0.15) is 5.75 Å². The van der Waals surface area contributed by atoms with Crippen molar-refractivity contribution < 1.29 is 14.1 Å². The average Bonchev–Trinajstić information content (AvgIpc) is 3.06. The van der Waals surface area contributed by atoms with Crippen molar-refractivity contribution in [2.45, 2.75) is 20.0 Å². The van der Waals surface area contributed by atoms with Crippen LogP contribution in [-0.2, 0) is 4.79 Å². The summed E-state index contributed by atoms with van der Waals surface area (Å²) in [5.74, 6) is 0.432. The minimum Gasteiger partial charge on any atom is -0.479 e. The van der Waals surface area contributed by atoms with Gasteiger partial charge in [0.15, 0.2) is 6.10 Å². The number of hydrogen-bond donors (Lipinski definition) is 1. The first-order valence-electron chi connectivity index (χ1n) is 7.66. The third-order valence-corrected chi connectivity index (χ3v) is 3.78. The van der Waals surface area contributed by atoms with Gasteiger partial charge in [-0.1, -0.05) is 41.4 Å². The number of hydrogen-bond acceptors (Lipinski definition) is 5. The van der Waals surface area contributed by atoms with E-state index in [2.05, 4.69) is 15.5 Å². The van der Waals surface area contributed by atoms with E-state index in [9.17, 15) is 4.79 Å². The number of benzene rings is 2. The first-order valence-corrected chi connectivity index (χ1v) is 8.03. The second-order valence-electron chi connectivity index (χ2n) is 5.47. The van der Waals surface area contributed by atoms with Crippen LogP contribution in [0.3, 0.4) is 0 Å². The molecule has 128 valence electrons. The second-order valence-corrected chi connectivity index (χ2v) is 5.88. The van der Waals surface area contributed by atoms with Gasteiger partial charge in [-0.3, -0.25) is 10.1 Å². The van der Waals surface area contributed by atoms with Crippen molar-refractivity contribution in [1.82, 2.24) is 10.1 Å². The standard InChI is InChI=1S/C18H16ClN3O3/c1-11-7-9-13(10-8-11)17-21-18(22-25-17)20-16(23)12(2)24-15-6-4-3-5-14(15)19/h3-10,12H,1-2H3,(H,20,22,23)/t12-/m0/s1. The summed E-state index contributed by atoms with van der Waals surface area (Å²) in [5.41, 5.74) is 1.90. The monoisotopic (exact) mass is 357 g/mol. The normalized spacial score (nSPS) is 11.8. The highest BCUT2D eigenvalue weighted by Crippen LogP contribution is 2.24. The number of nitrogens with zero attached hydrogens (tertiary/aromatic N) is 2. The highest BCUT2D eigenvalue weighted by molar-refractivity contribution is 6.32. The molecule has 0 unspecified atom stereocenters. The minimum atomic E-state index is -0.777. The van der Waals surface area contributed by atoms with Crippen LogP contribution in [0.4, 0.5) is 5.95 Å². The smallest absolute Gasteiger partial charge is 0.270 e. The molecule has 2 aromatic carbocycles. The molecular weight excluding hydrogens is 342 g/mol. The Morgan fingerprint density at radius 3 is 2.64 bits per heavy atom. The lowest BCUT2D eigenvalue weighted by Gasteiger charge is -2.14. The van der Waals surface area contributed by atoms with Gasteiger partial charge in [0.2, 0.25) is 0 Å². The fourth-order valence-corrected chi connectivity index (χ4v) is 2.26. The lowest BCUT2D eigenvalue weighted by atomic mass is 10.1. The van der Waals surface area contributed by atoms with Gasteiger partial charge in [0.05, 0.1) is 5.02 Å². The van der Waals surface area contributed by atoms with Crippen molar-refractivity contribution in [3.8, 4) is 17.2 Å². The number of para-hydroxylation sites is 1. The maximum absolute atomic E-state index is 12.2. The molecule has 0 aliphatic carbocycles. The fraction of sp³-hybridized carbons (Fsp3) is 0.167. The summed E-state index contributed by atoms with van der Waals surface area (Å²) in [5, 5.41) is 6.76. The molecule has 0 aliphatic heterocycles. The molecule has 7 heteroatoms. The minimum absolute atomic E-state index is 0.0789. The van der Waals surface area contributed by atoms with Gasteiger partial charge in [-0.15, -0.1) is 0 Å². The Morgan fingerprint density at radius 1 is 1.20 bits per heavy atom. The summed E-state index contributed by atoms with van der Waals surface area (Å²) >= 11 is 6.02. The molecule has 3 aromatic rings. The Kier molecular flexibility index (Phi) is 5.00. The zero-order valence-electron chi connectivity index (χ0n) is 13.7. The number of anilines is 1. The molecule has 0 aliphatic rings. The van der Waals surface area contributed by atoms with Crippen molar-refractivity contribution >= 4 is 23.5 Å². The molecule has 0 radical (unpaired) electrons. The molecule has 0 spiro atoms. The van der Waals surface area contributed by atoms with Crippen LogP contribution in [-0.4, -0.2) is 22.2 Å². The third kappa shape index (κ3) is 4.16. The van der Waals surface area contributed by atoms with Crippen LogP contribution in [0.2, 0.25) is 5.02 Å². The predicted octanol–water partition coefficient (Wildman–Crippen LogP) is 4.10. The third-order valence-electron chi connectivity index (χ3n) is 3.47.